The predicted octanol–water partition coefficient (Wildman–Crippen LogP) is 14.5. The largest absolute Gasteiger partial charge is 0.192 e. The molecule has 248 valence electrons. The lowest BCUT2D eigenvalue weighted by molar-refractivity contribution is 1.48. The summed E-state index contributed by atoms with van der Waals surface area (Å²) in [5.74, 6) is 0. The maximum atomic E-state index is 9.23. The van der Waals surface area contributed by atoms with Crippen LogP contribution in [0, 0.1) is 11.3 Å². The van der Waals surface area contributed by atoms with E-state index in [0.29, 0.717) is 5.56 Å². The zero-order valence-electron chi connectivity index (χ0n) is 29.3. The first kappa shape index (κ1) is 30.4. The monoisotopic (exact) mass is 681 g/mol. The summed E-state index contributed by atoms with van der Waals surface area (Å²) in [6, 6.07) is 70.5. The van der Waals surface area contributed by atoms with Gasteiger partial charge in [-0.15, -0.1) is 0 Å². The molecule has 0 aromatic heterocycles. The second-order valence-corrected chi connectivity index (χ2v) is 14.3. The molecule has 1 nitrogen and oxygen atoms in total. The van der Waals surface area contributed by atoms with Crippen LogP contribution in [0.15, 0.2) is 188 Å². The van der Waals surface area contributed by atoms with Crippen LogP contribution in [0.3, 0.4) is 0 Å². The topological polar surface area (TPSA) is 23.8 Å². The molecule has 10 aromatic carbocycles. The molecule has 0 heterocycles. The Morgan fingerprint density at radius 2 is 0.796 bits per heavy atom. The maximum absolute atomic E-state index is 9.23. The smallest absolute Gasteiger partial charge is 0.0991 e. The number of hydrogen-bond acceptors (Lipinski definition) is 1. The number of fused-ring (bicyclic) bond motifs is 7. The van der Waals surface area contributed by atoms with Gasteiger partial charge in [0.2, 0.25) is 0 Å². The van der Waals surface area contributed by atoms with E-state index in [1.807, 2.05) is 24.3 Å². The van der Waals surface area contributed by atoms with E-state index in [1.54, 1.807) is 0 Å². The van der Waals surface area contributed by atoms with Crippen molar-refractivity contribution in [2.75, 3.05) is 0 Å². The minimum absolute atomic E-state index is 0.675. The van der Waals surface area contributed by atoms with Gasteiger partial charge >= 0.3 is 0 Å². The third-order valence-electron chi connectivity index (χ3n) is 11.4. The summed E-state index contributed by atoms with van der Waals surface area (Å²) >= 11 is 0. The molecule has 0 radical (unpaired) electrons. The lowest BCUT2D eigenvalue weighted by Crippen LogP contribution is -1.93. The molecular formula is C53H31N. The molecule has 1 aliphatic carbocycles. The summed E-state index contributed by atoms with van der Waals surface area (Å²) in [6.45, 7) is 0. The van der Waals surface area contributed by atoms with E-state index in [2.05, 4.69) is 170 Å². The molecule has 0 N–H and O–H groups in total. The normalized spacial score (nSPS) is 11.7. The van der Waals surface area contributed by atoms with Crippen LogP contribution in [0.5, 0.6) is 0 Å². The van der Waals surface area contributed by atoms with Crippen LogP contribution in [0.4, 0.5) is 0 Å². The van der Waals surface area contributed by atoms with Gasteiger partial charge in [0.25, 0.3) is 0 Å². The van der Waals surface area contributed by atoms with Crippen LogP contribution in [-0.2, 0) is 0 Å². The van der Waals surface area contributed by atoms with Gasteiger partial charge in [-0.3, -0.25) is 0 Å². The first-order valence-electron chi connectivity index (χ1n) is 18.5. The Hall–Kier alpha value is -7.27. The lowest BCUT2D eigenvalue weighted by atomic mass is 9.82. The Labute approximate surface area is 313 Å². The van der Waals surface area contributed by atoms with Crippen molar-refractivity contribution in [3.63, 3.8) is 0 Å². The first-order valence-corrected chi connectivity index (χ1v) is 18.5. The SMILES string of the molecule is N#Cc1ccc(-c2ccc3c(ccc4cc(-c5ccc6c7c(cccc57)-c5c-6c(-c6ccccc6)c6ccccc6c5-c5ccccc5)ccc43)c2)cc1. The number of rotatable bonds is 4. The molecule has 11 rings (SSSR count). The van der Waals surface area contributed by atoms with Gasteiger partial charge in [-0.25, -0.2) is 0 Å². The maximum Gasteiger partial charge on any atom is 0.0991 e. The summed E-state index contributed by atoms with van der Waals surface area (Å²) in [5.41, 5.74) is 15.7. The summed E-state index contributed by atoms with van der Waals surface area (Å²) < 4.78 is 0. The lowest BCUT2D eigenvalue weighted by Gasteiger charge is -2.20. The highest BCUT2D eigenvalue weighted by Gasteiger charge is 2.31. The highest BCUT2D eigenvalue weighted by molar-refractivity contribution is 6.29. The summed E-state index contributed by atoms with van der Waals surface area (Å²) in [7, 11) is 0. The predicted molar refractivity (Wildman–Crippen MR) is 227 cm³/mol. The summed E-state index contributed by atoms with van der Waals surface area (Å²) in [6.07, 6.45) is 0. The molecule has 10 aromatic rings. The zero-order valence-corrected chi connectivity index (χ0v) is 29.3. The van der Waals surface area contributed by atoms with Gasteiger partial charge in [0.05, 0.1) is 11.6 Å². The van der Waals surface area contributed by atoms with Gasteiger partial charge in [-0.1, -0.05) is 164 Å². The molecule has 54 heavy (non-hydrogen) atoms. The average Bonchev–Trinajstić information content (AvgIpc) is 3.57. The standard InChI is InChI=1S/C53H31N/c54-32-33-18-20-34(21-19-33)37-24-26-41-38(30-37)22-23-39-31-40(25-27-42(39)41)43-28-29-48-51-44(43)16-9-17-47(51)52-49(35-10-3-1-4-11-35)45-14-7-8-15-46(45)50(53(48)52)36-12-5-2-6-13-36/h1-31H. The Morgan fingerprint density at radius 3 is 1.41 bits per heavy atom. The molecule has 0 unspecified atom stereocenters. The fourth-order valence-corrected chi connectivity index (χ4v) is 9.02. The van der Waals surface area contributed by atoms with E-state index in [1.165, 1.54) is 98.7 Å². The highest BCUT2D eigenvalue weighted by atomic mass is 14.3. The van der Waals surface area contributed by atoms with E-state index in [0.717, 1.165) is 11.1 Å². The van der Waals surface area contributed by atoms with Crippen molar-refractivity contribution in [3.8, 4) is 72.8 Å². The van der Waals surface area contributed by atoms with Gasteiger partial charge in [-0.2, -0.15) is 5.26 Å². The molecule has 0 saturated carbocycles. The van der Waals surface area contributed by atoms with Gasteiger partial charge in [0, 0.05) is 0 Å². The molecule has 1 aliphatic rings. The van der Waals surface area contributed by atoms with Crippen molar-refractivity contribution in [1.29, 1.82) is 5.26 Å². The van der Waals surface area contributed by atoms with Gasteiger partial charge < -0.3 is 0 Å². The van der Waals surface area contributed by atoms with Crippen molar-refractivity contribution in [2.24, 2.45) is 0 Å². The third-order valence-corrected chi connectivity index (χ3v) is 11.4. The molecule has 0 atom stereocenters. The quantitative estimate of drug-likeness (QED) is 0.170. The number of nitrogens with zero attached hydrogens (tertiary/aromatic N) is 1. The molecule has 0 aliphatic heterocycles. The van der Waals surface area contributed by atoms with Gasteiger partial charge in [-0.05, 0) is 134 Å². The van der Waals surface area contributed by atoms with E-state index in [9.17, 15) is 5.26 Å². The van der Waals surface area contributed by atoms with Crippen molar-refractivity contribution in [1.82, 2.24) is 0 Å². The second kappa shape index (κ2) is 11.9. The molecular weight excluding hydrogens is 651 g/mol. The minimum atomic E-state index is 0.675. The van der Waals surface area contributed by atoms with Crippen LogP contribution < -0.4 is 0 Å². The van der Waals surface area contributed by atoms with Crippen LogP contribution in [0.2, 0.25) is 0 Å². The van der Waals surface area contributed by atoms with Crippen molar-refractivity contribution in [2.45, 2.75) is 0 Å². The van der Waals surface area contributed by atoms with Gasteiger partial charge in [0.1, 0.15) is 0 Å². The molecule has 0 fully saturated rings. The van der Waals surface area contributed by atoms with E-state index < -0.39 is 0 Å². The second-order valence-electron chi connectivity index (χ2n) is 14.3. The van der Waals surface area contributed by atoms with Gasteiger partial charge in [0.15, 0.2) is 0 Å². The Balaban J connectivity index is 1.11. The Bertz CT molecular complexity index is 3090. The molecule has 0 amide bonds. The molecule has 0 bridgehead atoms. The first-order chi connectivity index (χ1) is 26.7. The van der Waals surface area contributed by atoms with Crippen LogP contribution in [0.25, 0.3) is 110 Å². The molecule has 1 heteroatoms. The van der Waals surface area contributed by atoms with Crippen LogP contribution in [0.1, 0.15) is 5.56 Å². The van der Waals surface area contributed by atoms with Crippen LogP contribution in [-0.4, -0.2) is 0 Å². The van der Waals surface area contributed by atoms with E-state index in [4.69, 9.17) is 0 Å². The van der Waals surface area contributed by atoms with Crippen molar-refractivity contribution in [3.05, 3.63) is 194 Å². The minimum Gasteiger partial charge on any atom is -0.192 e. The van der Waals surface area contributed by atoms with E-state index >= 15 is 0 Å². The van der Waals surface area contributed by atoms with Crippen molar-refractivity contribution < 1.29 is 0 Å². The Morgan fingerprint density at radius 1 is 0.296 bits per heavy atom. The average molecular weight is 682 g/mol. The number of nitriles is 1. The van der Waals surface area contributed by atoms with E-state index in [-0.39, 0.29) is 0 Å². The summed E-state index contributed by atoms with van der Waals surface area (Å²) in [4.78, 5) is 0. The fraction of sp³-hybridized carbons (Fsp3) is 0. The zero-order chi connectivity index (χ0) is 35.8. The Kier molecular flexibility index (Phi) is 6.68. The summed E-state index contributed by atoms with van der Waals surface area (Å²) in [5, 5.41) is 19.3. The number of benzene rings is 10. The third kappa shape index (κ3) is 4.51. The number of hydrogen-bond donors (Lipinski definition) is 0. The fourth-order valence-electron chi connectivity index (χ4n) is 9.02. The molecule has 0 spiro atoms. The molecule has 0 saturated heterocycles. The van der Waals surface area contributed by atoms with Crippen molar-refractivity contribution >= 4 is 43.1 Å². The highest BCUT2D eigenvalue weighted by Crippen LogP contribution is 2.58. The van der Waals surface area contributed by atoms with Crippen LogP contribution >= 0.6 is 0 Å².